The maximum absolute atomic E-state index is 13.5. The van der Waals surface area contributed by atoms with Crippen molar-refractivity contribution in [3.05, 3.63) is 84.1 Å². The zero-order valence-corrected chi connectivity index (χ0v) is 18.5. The molecule has 0 bridgehead atoms. The summed E-state index contributed by atoms with van der Waals surface area (Å²) in [4.78, 5) is 34.8. The van der Waals surface area contributed by atoms with E-state index in [1.165, 1.54) is 0 Å². The number of para-hydroxylation sites is 1. The van der Waals surface area contributed by atoms with Gasteiger partial charge in [-0.05, 0) is 56.3 Å². The number of benzene rings is 2. The molecule has 4 aromatic rings. The van der Waals surface area contributed by atoms with E-state index in [2.05, 4.69) is 20.6 Å². The van der Waals surface area contributed by atoms with E-state index in [9.17, 15) is 9.59 Å². The number of ether oxygens (including phenoxy) is 1. The fourth-order valence-corrected chi connectivity index (χ4v) is 3.53. The van der Waals surface area contributed by atoms with Gasteiger partial charge in [-0.1, -0.05) is 24.3 Å². The quantitative estimate of drug-likeness (QED) is 0.386. The van der Waals surface area contributed by atoms with Crippen LogP contribution in [0.5, 0.6) is 0 Å². The highest BCUT2D eigenvalue weighted by Crippen LogP contribution is 2.28. The van der Waals surface area contributed by atoms with Crippen LogP contribution in [0.25, 0.3) is 22.3 Å². The lowest BCUT2D eigenvalue weighted by Crippen LogP contribution is -2.16. The summed E-state index contributed by atoms with van der Waals surface area (Å²) in [6, 6.07) is 19.8. The van der Waals surface area contributed by atoms with Crippen molar-refractivity contribution < 1.29 is 14.3 Å². The maximum Gasteiger partial charge on any atom is 0.338 e. The SMILES string of the molecule is CCNc1ccc(C(=O)OCC)cc1NC(=O)c1cc(-c2ccccn2)nc2ccccc12. The van der Waals surface area contributed by atoms with Crippen molar-refractivity contribution in [1.82, 2.24) is 9.97 Å². The van der Waals surface area contributed by atoms with Crippen molar-refractivity contribution in [2.75, 3.05) is 23.8 Å². The molecule has 7 nitrogen and oxygen atoms in total. The number of amides is 1. The Hall–Kier alpha value is -4.26. The van der Waals surface area contributed by atoms with Crippen LogP contribution in [0.3, 0.4) is 0 Å². The molecule has 166 valence electrons. The molecule has 7 heteroatoms. The first-order chi connectivity index (χ1) is 16.1. The van der Waals surface area contributed by atoms with E-state index in [1.54, 1.807) is 37.4 Å². The number of nitrogens with one attached hydrogen (secondary N) is 2. The lowest BCUT2D eigenvalue weighted by Gasteiger charge is -2.15. The second-order valence-electron chi connectivity index (χ2n) is 7.25. The normalized spacial score (nSPS) is 10.6. The van der Waals surface area contributed by atoms with Crippen LogP contribution in [0.15, 0.2) is 72.9 Å². The number of anilines is 2. The van der Waals surface area contributed by atoms with E-state index in [-0.39, 0.29) is 12.5 Å². The Morgan fingerprint density at radius 3 is 2.48 bits per heavy atom. The first-order valence-corrected chi connectivity index (χ1v) is 10.8. The fourth-order valence-electron chi connectivity index (χ4n) is 3.53. The third kappa shape index (κ3) is 4.82. The zero-order valence-electron chi connectivity index (χ0n) is 18.5. The minimum Gasteiger partial charge on any atom is -0.462 e. The Labute approximate surface area is 191 Å². The summed E-state index contributed by atoms with van der Waals surface area (Å²) in [5.74, 6) is -0.756. The molecule has 0 aliphatic heterocycles. The van der Waals surface area contributed by atoms with Crippen LogP contribution in [-0.4, -0.2) is 35.0 Å². The highest BCUT2D eigenvalue weighted by molar-refractivity contribution is 6.14. The number of fused-ring (bicyclic) bond motifs is 1. The molecule has 0 fully saturated rings. The van der Waals surface area contributed by atoms with E-state index in [1.807, 2.05) is 49.4 Å². The van der Waals surface area contributed by atoms with Crippen molar-refractivity contribution in [1.29, 1.82) is 0 Å². The number of pyridine rings is 2. The van der Waals surface area contributed by atoms with Gasteiger partial charge in [-0.3, -0.25) is 9.78 Å². The number of esters is 1. The smallest absolute Gasteiger partial charge is 0.338 e. The maximum atomic E-state index is 13.5. The standard InChI is InChI=1S/C26H24N4O3/c1-3-27-22-13-12-17(26(32)33-4-2)15-23(22)30-25(31)19-16-24(21-11-7-8-14-28-21)29-20-10-6-5-9-18(19)20/h5-16,27H,3-4H2,1-2H3,(H,30,31). The molecule has 2 N–H and O–H groups in total. The third-order valence-corrected chi connectivity index (χ3v) is 5.03. The molecule has 33 heavy (non-hydrogen) atoms. The average molecular weight is 441 g/mol. The number of aromatic nitrogens is 2. The van der Waals surface area contributed by atoms with E-state index in [4.69, 9.17) is 4.74 Å². The van der Waals surface area contributed by atoms with Gasteiger partial charge in [-0.25, -0.2) is 9.78 Å². The van der Waals surface area contributed by atoms with Gasteiger partial charge in [0.1, 0.15) is 0 Å². The Morgan fingerprint density at radius 1 is 0.909 bits per heavy atom. The molecular formula is C26H24N4O3. The second kappa shape index (κ2) is 9.91. The number of hydrogen-bond acceptors (Lipinski definition) is 6. The molecule has 0 saturated carbocycles. The van der Waals surface area contributed by atoms with Gasteiger partial charge in [0.05, 0.1) is 46.0 Å². The lowest BCUT2D eigenvalue weighted by molar-refractivity contribution is 0.0526. The largest absolute Gasteiger partial charge is 0.462 e. The van der Waals surface area contributed by atoms with Gasteiger partial charge in [0, 0.05) is 18.1 Å². The molecule has 0 aliphatic carbocycles. The van der Waals surface area contributed by atoms with Crippen LogP contribution in [0, 0.1) is 0 Å². The van der Waals surface area contributed by atoms with E-state index in [0.29, 0.717) is 46.0 Å². The molecule has 0 radical (unpaired) electrons. The van der Waals surface area contributed by atoms with Crippen LogP contribution in [0.2, 0.25) is 0 Å². The molecular weight excluding hydrogens is 416 g/mol. The Morgan fingerprint density at radius 2 is 1.73 bits per heavy atom. The Balaban J connectivity index is 1.76. The summed E-state index contributed by atoms with van der Waals surface area (Å²) in [7, 11) is 0. The number of rotatable bonds is 7. The fraction of sp³-hybridized carbons (Fsp3) is 0.154. The number of carbonyl (C=O) groups is 2. The van der Waals surface area contributed by atoms with Crippen molar-refractivity contribution in [3.63, 3.8) is 0 Å². The van der Waals surface area contributed by atoms with Gasteiger partial charge in [0.25, 0.3) is 5.91 Å². The van der Waals surface area contributed by atoms with Crippen LogP contribution in [0.1, 0.15) is 34.6 Å². The summed E-state index contributed by atoms with van der Waals surface area (Å²) in [5.41, 5.74) is 4.00. The van der Waals surface area contributed by atoms with Crippen LogP contribution >= 0.6 is 0 Å². The van der Waals surface area contributed by atoms with Gasteiger partial charge in [0.15, 0.2) is 0 Å². The number of nitrogens with zero attached hydrogens (tertiary/aromatic N) is 2. The molecule has 0 aliphatic rings. The summed E-state index contributed by atoms with van der Waals surface area (Å²) in [6.07, 6.45) is 1.69. The number of carbonyl (C=O) groups excluding carboxylic acids is 2. The molecule has 2 aromatic carbocycles. The van der Waals surface area contributed by atoms with Crippen molar-refractivity contribution in [2.24, 2.45) is 0 Å². The second-order valence-corrected chi connectivity index (χ2v) is 7.25. The topological polar surface area (TPSA) is 93.2 Å². The predicted molar refractivity (Wildman–Crippen MR) is 129 cm³/mol. The van der Waals surface area contributed by atoms with E-state index < -0.39 is 5.97 Å². The summed E-state index contributed by atoms with van der Waals surface area (Å²) >= 11 is 0. The first-order valence-electron chi connectivity index (χ1n) is 10.8. The first kappa shape index (κ1) is 22.0. The molecule has 1 amide bonds. The molecule has 0 spiro atoms. The predicted octanol–water partition coefficient (Wildman–Crippen LogP) is 5.16. The van der Waals surface area contributed by atoms with Gasteiger partial charge < -0.3 is 15.4 Å². The minimum atomic E-state index is -0.442. The third-order valence-electron chi connectivity index (χ3n) is 5.03. The highest BCUT2D eigenvalue weighted by atomic mass is 16.5. The number of hydrogen-bond donors (Lipinski definition) is 2. The highest BCUT2D eigenvalue weighted by Gasteiger charge is 2.17. The molecule has 0 saturated heterocycles. The van der Waals surface area contributed by atoms with Gasteiger partial charge >= 0.3 is 5.97 Å². The van der Waals surface area contributed by atoms with E-state index in [0.717, 1.165) is 5.39 Å². The van der Waals surface area contributed by atoms with E-state index >= 15 is 0 Å². The molecule has 0 unspecified atom stereocenters. The van der Waals surface area contributed by atoms with Crippen LogP contribution in [-0.2, 0) is 4.74 Å². The average Bonchev–Trinajstić information content (AvgIpc) is 2.85. The van der Waals surface area contributed by atoms with Crippen molar-refractivity contribution >= 4 is 34.2 Å². The van der Waals surface area contributed by atoms with Gasteiger partial charge in [0.2, 0.25) is 0 Å². The van der Waals surface area contributed by atoms with Crippen molar-refractivity contribution in [3.8, 4) is 11.4 Å². The Bertz CT molecular complexity index is 1310. The Kier molecular flexibility index (Phi) is 6.59. The molecule has 4 rings (SSSR count). The summed E-state index contributed by atoms with van der Waals surface area (Å²) in [5, 5.41) is 6.90. The lowest BCUT2D eigenvalue weighted by atomic mass is 10.0. The molecule has 2 aromatic heterocycles. The van der Waals surface area contributed by atoms with Gasteiger partial charge in [-0.15, -0.1) is 0 Å². The summed E-state index contributed by atoms with van der Waals surface area (Å²) in [6.45, 7) is 4.64. The van der Waals surface area contributed by atoms with Crippen molar-refractivity contribution in [2.45, 2.75) is 13.8 Å². The minimum absolute atomic E-state index is 0.273. The van der Waals surface area contributed by atoms with Gasteiger partial charge in [-0.2, -0.15) is 0 Å². The zero-order chi connectivity index (χ0) is 23.2. The van der Waals surface area contributed by atoms with Crippen LogP contribution in [0.4, 0.5) is 11.4 Å². The molecule has 0 atom stereocenters. The monoisotopic (exact) mass is 440 g/mol. The van der Waals surface area contributed by atoms with Crippen LogP contribution < -0.4 is 10.6 Å². The summed E-state index contributed by atoms with van der Waals surface area (Å²) < 4.78 is 5.11. The molecule has 2 heterocycles.